The molecule has 3 aromatic carbocycles. The molecule has 0 bridgehead atoms. The molecule has 0 saturated heterocycles. The highest BCUT2D eigenvalue weighted by molar-refractivity contribution is 8.15. The second kappa shape index (κ2) is 10.7. The van der Waals surface area contributed by atoms with Crippen LogP contribution in [0.5, 0.6) is 0 Å². The lowest BCUT2D eigenvalue weighted by Crippen LogP contribution is -2.11. The van der Waals surface area contributed by atoms with E-state index >= 15 is 0 Å². The Morgan fingerprint density at radius 2 is 1.70 bits per heavy atom. The van der Waals surface area contributed by atoms with Crippen LogP contribution in [0.4, 0.5) is 5.69 Å². The van der Waals surface area contributed by atoms with Crippen molar-refractivity contribution in [1.29, 1.82) is 0 Å². The molecule has 4 aromatic rings. The van der Waals surface area contributed by atoms with Gasteiger partial charge in [0.1, 0.15) is 0 Å². The summed E-state index contributed by atoms with van der Waals surface area (Å²) in [6, 6.07) is 24.6. The minimum absolute atomic E-state index is 0.191. The molecule has 0 amide bonds. The Labute approximate surface area is 205 Å². The van der Waals surface area contributed by atoms with Crippen molar-refractivity contribution in [3.8, 4) is 11.4 Å². The molecule has 0 fully saturated rings. The standard InChI is InChI=1S/C24H19Cl2N5OS/c1-16(32)23(29-27-19-10-6-3-7-11-19)33-24-30-28-22(20-13-12-18(25)14-21(20)26)31(24)15-17-8-4-2-5-9-17/h2-14,27H,15H2,1H3/b29-23-. The number of carbonyl (C=O) groups excluding carboxylic acids is 1. The first-order chi connectivity index (χ1) is 16.0. The minimum atomic E-state index is -0.191. The molecule has 1 heterocycles. The molecule has 0 saturated carbocycles. The lowest BCUT2D eigenvalue weighted by molar-refractivity contribution is -0.110. The van der Waals surface area contributed by atoms with Crippen LogP contribution in [0.15, 0.2) is 89.1 Å². The molecule has 33 heavy (non-hydrogen) atoms. The van der Waals surface area contributed by atoms with Crippen LogP contribution < -0.4 is 5.43 Å². The number of hydrazone groups is 1. The van der Waals surface area contributed by atoms with Crippen LogP contribution >= 0.6 is 35.0 Å². The van der Waals surface area contributed by atoms with Crippen LogP contribution in [0.2, 0.25) is 10.0 Å². The molecule has 0 aliphatic heterocycles. The third-order valence-corrected chi connectivity index (χ3v) is 6.23. The molecule has 9 heteroatoms. The summed E-state index contributed by atoms with van der Waals surface area (Å²) in [5.41, 5.74) is 5.44. The Morgan fingerprint density at radius 3 is 2.36 bits per heavy atom. The maximum absolute atomic E-state index is 12.3. The summed E-state index contributed by atoms with van der Waals surface area (Å²) >= 11 is 13.7. The number of benzene rings is 3. The third kappa shape index (κ3) is 5.82. The molecule has 0 radical (unpaired) electrons. The molecule has 1 N–H and O–H groups in total. The summed E-state index contributed by atoms with van der Waals surface area (Å²) in [5.74, 6) is 0.380. The van der Waals surface area contributed by atoms with Gasteiger partial charge in [-0.15, -0.1) is 10.2 Å². The number of aromatic nitrogens is 3. The molecule has 166 valence electrons. The van der Waals surface area contributed by atoms with E-state index in [2.05, 4.69) is 20.7 Å². The van der Waals surface area contributed by atoms with E-state index in [1.807, 2.05) is 71.3 Å². The zero-order valence-electron chi connectivity index (χ0n) is 17.6. The number of Topliss-reactive ketones (excluding diaryl/α,β-unsaturated/α-hetero) is 1. The first-order valence-electron chi connectivity index (χ1n) is 10.0. The normalized spacial score (nSPS) is 11.4. The minimum Gasteiger partial charge on any atom is -0.297 e. The predicted octanol–water partition coefficient (Wildman–Crippen LogP) is 6.41. The molecule has 4 rings (SSSR count). The number of nitrogens with zero attached hydrogens (tertiary/aromatic N) is 4. The van der Waals surface area contributed by atoms with E-state index in [1.165, 1.54) is 6.92 Å². The summed E-state index contributed by atoms with van der Waals surface area (Å²) in [5, 5.41) is 14.8. The van der Waals surface area contributed by atoms with Gasteiger partial charge in [0.25, 0.3) is 0 Å². The van der Waals surface area contributed by atoms with Gasteiger partial charge in [-0.3, -0.25) is 14.8 Å². The molecule has 0 unspecified atom stereocenters. The SMILES string of the molecule is CC(=O)/C(=N/Nc1ccccc1)Sc1nnc(-c2ccc(Cl)cc2Cl)n1Cc1ccccc1. The summed E-state index contributed by atoms with van der Waals surface area (Å²) in [7, 11) is 0. The van der Waals surface area contributed by atoms with Gasteiger partial charge in [0, 0.05) is 17.5 Å². The van der Waals surface area contributed by atoms with Gasteiger partial charge in [-0.25, -0.2) is 0 Å². The zero-order valence-corrected chi connectivity index (χ0v) is 19.9. The number of carbonyl (C=O) groups is 1. The Hall–Kier alpha value is -3.13. The molecule has 1 aromatic heterocycles. The highest BCUT2D eigenvalue weighted by Crippen LogP contribution is 2.32. The number of rotatable bonds is 7. The van der Waals surface area contributed by atoms with Crippen molar-refractivity contribution >= 4 is 51.5 Å². The first kappa shape index (κ1) is 23.0. The van der Waals surface area contributed by atoms with Gasteiger partial charge in [0.05, 0.1) is 17.3 Å². The molecule has 0 spiro atoms. The van der Waals surface area contributed by atoms with E-state index in [9.17, 15) is 4.79 Å². The van der Waals surface area contributed by atoms with Crippen LogP contribution in [-0.4, -0.2) is 25.6 Å². The fourth-order valence-corrected chi connectivity index (χ4v) is 4.27. The number of hydrogen-bond donors (Lipinski definition) is 1. The van der Waals surface area contributed by atoms with Crippen molar-refractivity contribution in [2.75, 3.05) is 5.43 Å². The Kier molecular flexibility index (Phi) is 7.44. The quantitative estimate of drug-likeness (QED) is 0.139. The van der Waals surface area contributed by atoms with E-state index in [0.717, 1.165) is 23.0 Å². The summed E-state index contributed by atoms with van der Waals surface area (Å²) < 4.78 is 1.91. The second-order valence-corrected chi connectivity index (χ2v) is 8.85. The molecular weight excluding hydrogens is 477 g/mol. The van der Waals surface area contributed by atoms with Crippen molar-refractivity contribution in [1.82, 2.24) is 14.8 Å². The largest absolute Gasteiger partial charge is 0.297 e. The van der Waals surface area contributed by atoms with Gasteiger partial charge < -0.3 is 0 Å². The van der Waals surface area contributed by atoms with Crippen molar-refractivity contribution in [2.45, 2.75) is 18.6 Å². The van der Waals surface area contributed by atoms with E-state index in [0.29, 0.717) is 33.1 Å². The molecule has 0 aliphatic rings. The van der Waals surface area contributed by atoms with Crippen molar-refractivity contribution in [3.63, 3.8) is 0 Å². The topological polar surface area (TPSA) is 72.2 Å². The lowest BCUT2D eigenvalue weighted by Gasteiger charge is -2.12. The summed E-state index contributed by atoms with van der Waals surface area (Å²) in [6.45, 7) is 1.95. The van der Waals surface area contributed by atoms with E-state index < -0.39 is 0 Å². The average Bonchev–Trinajstić information content (AvgIpc) is 3.19. The highest BCUT2D eigenvalue weighted by atomic mass is 35.5. The number of halogens is 2. The van der Waals surface area contributed by atoms with Crippen LogP contribution in [0.3, 0.4) is 0 Å². The number of anilines is 1. The van der Waals surface area contributed by atoms with Gasteiger partial charge in [0.15, 0.2) is 21.8 Å². The van der Waals surface area contributed by atoms with Crippen molar-refractivity contribution < 1.29 is 4.79 Å². The monoisotopic (exact) mass is 495 g/mol. The zero-order chi connectivity index (χ0) is 23.2. The smallest absolute Gasteiger partial charge is 0.198 e. The predicted molar refractivity (Wildman–Crippen MR) is 135 cm³/mol. The molecule has 6 nitrogen and oxygen atoms in total. The van der Waals surface area contributed by atoms with Crippen molar-refractivity contribution in [3.05, 3.63) is 94.5 Å². The Bertz CT molecular complexity index is 1290. The average molecular weight is 496 g/mol. The van der Waals surface area contributed by atoms with E-state index in [1.54, 1.807) is 12.1 Å². The number of thioether (sulfide) groups is 1. The van der Waals surface area contributed by atoms with Crippen LogP contribution in [0.25, 0.3) is 11.4 Å². The van der Waals surface area contributed by atoms with Crippen LogP contribution in [0, 0.1) is 0 Å². The third-order valence-electron chi connectivity index (χ3n) is 4.62. The molecule has 0 aliphatic carbocycles. The number of ketones is 1. The van der Waals surface area contributed by atoms with Crippen LogP contribution in [0.1, 0.15) is 12.5 Å². The van der Waals surface area contributed by atoms with Crippen molar-refractivity contribution in [2.24, 2.45) is 5.10 Å². The first-order valence-corrected chi connectivity index (χ1v) is 11.6. The fourth-order valence-electron chi connectivity index (χ4n) is 3.03. The lowest BCUT2D eigenvalue weighted by atomic mass is 10.2. The molecule has 0 atom stereocenters. The van der Waals surface area contributed by atoms with Gasteiger partial charge >= 0.3 is 0 Å². The number of nitrogens with one attached hydrogen (secondary N) is 1. The maximum Gasteiger partial charge on any atom is 0.198 e. The van der Waals surface area contributed by atoms with Crippen LogP contribution in [-0.2, 0) is 11.3 Å². The van der Waals surface area contributed by atoms with Gasteiger partial charge in [-0.1, -0.05) is 71.7 Å². The van der Waals surface area contributed by atoms with E-state index in [4.69, 9.17) is 23.2 Å². The second-order valence-electron chi connectivity index (χ2n) is 7.06. The number of para-hydroxylation sites is 1. The highest BCUT2D eigenvalue weighted by Gasteiger charge is 2.20. The van der Waals surface area contributed by atoms with Gasteiger partial charge in [-0.05, 0) is 47.7 Å². The Balaban J connectivity index is 1.72. The molecular formula is C24H19Cl2N5OS. The Morgan fingerprint density at radius 1 is 1.00 bits per heavy atom. The van der Waals surface area contributed by atoms with Gasteiger partial charge in [-0.2, -0.15) is 5.10 Å². The fraction of sp³-hybridized carbons (Fsp3) is 0.0833. The van der Waals surface area contributed by atoms with Gasteiger partial charge in [0.2, 0.25) is 0 Å². The summed E-state index contributed by atoms with van der Waals surface area (Å²) in [6.07, 6.45) is 0. The number of hydrogen-bond acceptors (Lipinski definition) is 6. The maximum atomic E-state index is 12.3. The summed E-state index contributed by atoms with van der Waals surface area (Å²) in [4.78, 5) is 12.3. The van der Waals surface area contributed by atoms with E-state index in [-0.39, 0.29) is 10.8 Å².